The lowest BCUT2D eigenvalue weighted by atomic mass is 10.0. The number of anilines is 1. The number of carboxylic acids is 1. The van der Waals surface area contributed by atoms with Crippen LogP contribution in [0.1, 0.15) is 18.7 Å². The van der Waals surface area contributed by atoms with E-state index in [0.717, 1.165) is 52.1 Å². The van der Waals surface area contributed by atoms with Crippen LogP contribution < -0.4 is 15.5 Å². The summed E-state index contributed by atoms with van der Waals surface area (Å²) in [5.74, 6) is -1.54. The molecule has 2 aromatic rings. The fourth-order valence-electron chi connectivity index (χ4n) is 4.31. The van der Waals surface area contributed by atoms with Crippen LogP contribution in [-0.4, -0.2) is 90.4 Å². The third-order valence-electron chi connectivity index (χ3n) is 6.18. The van der Waals surface area contributed by atoms with Crippen LogP contribution in [0.25, 0.3) is 0 Å². The number of thiazole rings is 1. The molecule has 3 aliphatic rings. The van der Waals surface area contributed by atoms with Crippen molar-refractivity contribution in [2.24, 2.45) is 5.16 Å². The molecule has 190 valence electrons. The quantitative estimate of drug-likeness (QED) is 0.122. The summed E-state index contributed by atoms with van der Waals surface area (Å²) in [6.45, 7) is 2.05. The second-order valence-electron chi connectivity index (χ2n) is 8.47. The minimum Gasteiger partial charge on any atom is -0.477 e. The summed E-state index contributed by atoms with van der Waals surface area (Å²) in [6, 6.07) is -0.998. The lowest BCUT2D eigenvalue weighted by Crippen LogP contribution is -2.71. The Bertz CT molecular complexity index is 1300. The summed E-state index contributed by atoms with van der Waals surface area (Å²) in [6.07, 6.45) is 2.30. The number of carbonyl (C=O) groups excluding carboxylic acids is 2. The summed E-state index contributed by atoms with van der Waals surface area (Å²) < 4.78 is 5.33. The number of nitrogens with zero attached hydrogens (tertiary/aromatic N) is 6. The molecule has 5 heterocycles. The van der Waals surface area contributed by atoms with Crippen LogP contribution in [-0.2, 0) is 14.4 Å². The zero-order valence-electron chi connectivity index (χ0n) is 18.8. The Morgan fingerprint density at radius 2 is 2.08 bits per heavy atom. The van der Waals surface area contributed by atoms with Gasteiger partial charge in [-0.1, -0.05) is 16.9 Å². The molecule has 0 spiro atoms. The van der Waals surface area contributed by atoms with E-state index in [1.807, 2.05) is 5.38 Å². The molecule has 3 aliphatic heterocycles. The predicted molar refractivity (Wildman–Crippen MR) is 137 cm³/mol. The molecule has 0 radical (unpaired) electrons. The predicted octanol–water partition coefficient (Wildman–Crippen LogP) is 0.974. The number of quaternary nitrogens is 1. The Labute approximate surface area is 221 Å². The van der Waals surface area contributed by atoms with Crippen molar-refractivity contribution < 1.29 is 24.7 Å². The summed E-state index contributed by atoms with van der Waals surface area (Å²) in [7, 11) is 2.15. The van der Waals surface area contributed by atoms with Crippen molar-refractivity contribution >= 4 is 80.8 Å². The van der Waals surface area contributed by atoms with Gasteiger partial charge in [-0.25, -0.2) is 4.79 Å². The molecule has 0 saturated carbocycles. The van der Waals surface area contributed by atoms with Gasteiger partial charge in [-0.2, -0.15) is 14.3 Å². The number of oxime groups is 1. The molecule has 2 aromatic heterocycles. The maximum Gasteiger partial charge on any atom is 0.353 e. The second-order valence-corrected chi connectivity index (χ2v) is 12.6. The Balaban J connectivity index is 1.32. The van der Waals surface area contributed by atoms with Gasteiger partial charge in [-0.15, -0.1) is 23.1 Å². The Kier molecular flexibility index (Phi) is 6.67. The van der Waals surface area contributed by atoms with Crippen molar-refractivity contribution in [2.45, 2.75) is 28.6 Å². The molecule has 0 unspecified atom stereocenters. The maximum absolute atomic E-state index is 12.9. The zero-order chi connectivity index (χ0) is 25.6. The highest BCUT2D eigenvalue weighted by atomic mass is 32.2. The van der Waals surface area contributed by atoms with Gasteiger partial charge in [0.25, 0.3) is 11.8 Å². The summed E-state index contributed by atoms with van der Waals surface area (Å²) in [5.41, 5.74) is 4.92. The highest BCUT2D eigenvalue weighted by Gasteiger charge is 2.54. The Morgan fingerprint density at radius 1 is 1.33 bits per heavy atom. The number of carboxylic acid groups (broad SMARTS) is 1. The van der Waals surface area contributed by atoms with Gasteiger partial charge in [-0.05, 0) is 0 Å². The van der Waals surface area contributed by atoms with E-state index in [1.165, 1.54) is 39.8 Å². The third-order valence-corrected chi connectivity index (χ3v) is 10.2. The van der Waals surface area contributed by atoms with Crippen LogP contribution in [0.15, 0.2) is 25.5 Å². The van der Waals surface area contributed by atoms with Crippen molar-refractivity contribution in [3.63, 3.8) is 0 Å². The van der Waals surface area contributed by atoms with Crippen LogP contribution in [0.3, 0.4) is 0 Å². The molecule has 2 saturated heterocycles. The van der Waals surface area contributed by atoms with Crippen molar-refractivity contribution in [1.29, 1.82) is 0 Å². The first-order chi connectivity index (χ1) is 17.2. The topological polar surface area (TPSA) is 184 Å². The Hall–Kier alpha value is -2.73. The normalized spacial score (nSPS) is 23.4. The van der Waals surface area contributed by atoms with Crippen LogP contribution >= 0.6 is 46.4 Å². The van der Waals surface area contributed by atoms with Crippen LogP contribution in [0.5, 0.6) is 0 Å². The van der Waals surface area contributed by atoms with Crippen LogP contribution in [0, 0.1) is 0 Å². The largest absolute Gasteiger partial charge is 0.477 e. The number of nitrogens with two attached hydrogens (primary N) is 1. The first-order valence-corrected chi connectivity index (χ1v) is 14.3. The highest BCUT2D eigenvalue weighted by molar-refractivity contribution is 8.07. The molecular formula is C19H21N8O5S4+. The van der Waals surface area contributed by atoms with Crippen molar-refractivity contribution in [1.82, 2.24) is 29.0 Å². The van der Waals surface area contributed by atoms with E-state index >= 15 is 0 Å². The van der Waals surface area contributed by atoms with Gasteiger partial charge >= 0.3 is 5.97 Å². The number of rotatable bonds is 7. The number of aromatic nitrogens is 3. The van der Waals surface area contributed by atoms with Gasteiger partial charge in [0.15, 0.2) is 9.47 Å². The summed E-state index contributed by atoms with van der Waals surface area (Å²) in [4.78, 5) is 48.0. The van der Waals surface area contributed by atoms with E-state index in [2.05, 4.69) is 26.9 Å². The van der Waals surface area contributed by atoms with E-state index in [0.29, 0.717) is 10.7 Å². The fraction of sp³-hybridized carbons (Fsp3) is 0.421. The molecule has 5 N–H and O–H groups in total. The third kappa shape index (κ3) is 4.34. The monoisotopic (exact) mass is 569 g/mol. The molecule has 17 heteroatoms. The number of fused-ring (bicyclic) bond motifs is 1. The van der Waals surface area contributed by atoms with E-state index < -0.39 is 34.9 Å². The smallest absolute Gasteiger partial charge is 0.353 e. The average Bonchev–Trinajstić information content (AvgIpc) is 3.60. The lowest BCUT2D eigenvalue weighted by molar-refractivity contribution is -0.150. The molecule has 5 rings (SSSR count). The number of nitrogens with one attached hydrogen (secondary N) is 1. The van der Waals surface area contributed by atoms with E-state index in [4.69, 9.17) is 10.7 Å². The highest BCUT2D eigenvalue weighted by Crippen LogP contribution is 2.46. The number of hydrogen-bond acceptors (Lipinski definition) is 13. The van der Waals surface area contributed by atoms with E-state index in [-0.39, 0.29) is 16.7 Å². The van der Waals surface area contributed by atoms with Gasteiger partial charge in [-0.3, -0.25) is 19.0 Å². The number of nitrogen functional groups attached to an aromatic ring is 1. The van der Waals surface area contributed by atoms with E-state index in [9.17, 15) is 24.7 Å². The van der Waals surface area contributed by atoms with Crippen molar-refractivity contribution in [3.8, 4) is 0 Å². The summed E-state index contributed by atoms with van der Waals surface area (Å²) in [5, 5.41) is 26.1. The first-order valence-electron chi connectivity index (χ1n) is 10.7. The standard InChI is InChI=1S/C19H20N8O5S4/c1-27(4-2-3-5-27)9-7-34-19(21-9)35-8-6-33-16-11(15(29)26(16)12(8)17(30)31)22-14(28)10(24-32)13-23-18(20)36-25-13/h7,11,16H,2-6H2,1H3,(H4-,20,22,23,25,28,30,31,32)/p+1/t11-,16-/m1/s1. The molecule has 36 heavy (non-hydrogen) atoms. The van der Waals surface area contributed by atoms with Crippen molar-refractivity contribution in [2.75, 3.05) is 31.6 Å². The second kappa shape index (κ2) is 9.62. The molecule has 13 nitrogen and oxygen atoms in total. The van der Waals surface area contributed by atoms with Gasteiger partial charge in [0, 0.05) is 35.0 Å². The lowest BCUT2D eigenvalue weighted by Gasteiger charge is -2.49. The van der Waals surface area contributed by atoms with Crippen molar-refractivity contribution in [3.05, 3.63) is 21.8 Å². The SMILES string of the molecule is C[N+]1(c2csc(SC3=C(C(=O)O)N4C(=O)[C@@H](NC(=O)/C(=N\O)c5nsc(N)n5)[C@H]4SC3)n2)CCCC1. The molecular weight excluding hydrogens is 549 g/mol. The minimum absolute atomic E-state index is 0.0811. The molecule has 0 aromatic carbocycles. The first kappa shape index (κ1) is 24.9. The maximum atomic E-state index is 12.9. The Morgan fingerprint density at radius 3 is 2.72 bits per heavy atom. The molecule has 2 atom stereocenters. The molecule has 2 fully saturated rings. The minimum atomic E-state index is -1.23. The van der Waals surface area contributed by atoms with Gasteiger partial charge in [0.05, 0.1) is 25.5 Å². The molecule has 0 aliphatic carbocycles. The number of amides is 2. The van der Waals surface area contributed by atoms with Gasteiger partial charge in [0.2, 0.25) is 17.4 Å². The number of likely N-dealkylation sites (tertiary alicyclic amines) is 1. The molecule has 2 amide bonds. The number of aliphatic carboxylic acids is 1. The number of hydrogen-bond donors (Lipinski definition) is 4. The van der Waals surface area contributed by atoms with Gasteiger partial charge in [0.1, 0.15) is 17.1 Å². The zero-order valence-corrected chi connectivity index (χ0v) is 22.0. The summed E-state index contributed by atoms with van der Waals surface area (Å²) >= 11 is 4.88. The van der Waals surface area contributed by atoms with Gasteiger partial charge < -0.3 is 21.4 Å². The van der Waals surface area contributed by atoms with Crippen LogP contribution in [0.2, 0.25) is 0 Å². The van der Waals surface area contributed by atoms with E-state index in [1.54, 1.807) is 0 Å². The number of thioether (sulfide) groups is 2. The molecule has 0 bridgehead atoms. The number of carbonyl (C=O) groups is 3. The van der Waals surface area contributed by atoms with Crippen LogP contribution in [0.4, 0.5) is 10.9 Å². The fourth-order valence-corrected chi connectivity index (χ4v) is 8.31. The number of β-lactam (4-membered cyclic amide) rings is 1. The average molecular weight is 570 g/mol.